The van der Waals surface area contributed by atoms with Crippen LogP contribution in [0.4, 0.5) is 0 Å². The van der Waals surface area contributed by atoms with Crippen LogP contribution < -0.4 is 10.5 Å². The van der Waals surface area contributed by atoms with Crippen LogP contribution in [0.25, 0.3) is 0 Å². The number of ether oxygens (including phenoxy) is 1. The maximum atomic E-state index is 8.38. The van der Waals surface area contributed by atoms with Crippen LogP contribution in [0.5, 0.6) is 5.75 Å². The highest BCUT2D eigenvalue weighted by Gasteiger charge is 2.10. The van der Waals surface area contributed by atoms with Crippen molar-refractivity contribution in [3.63, 3.8) is 0 Å². The summed E-state index contributed by atoms with van der Waals surface area (Å²) in [6, 6.07) is 6.31. The number of benzene rings is 1. The number of aryl methyl sites for hydroxylation is 2. The molecule has 3 N–H and O–H groups in total. The lowest BCUT2D eigenvalue weighted by Crippen LogP contribution is -2.12. The molecule has 0 aromatic heterocycles. The summed E-state index contributed by atoms with van der Waals surface area (Å²) in [4.78, 5) is 0. The number of oxime groups is 1. The largest absolute Gasteiger partial charge is 0.494 e. The minimum absolute atomic E-state index is 0.252. The van der Waals surface area contributed by atoms with Gasteiger partial charge in [-0.2, -0.15) is 0 Å². The maximum Gasteiger partial charge on any atom is 0.139 e. The predicted octanol–water partition coefficient (Wildman–Crippen LogP) is 2.08. The fourth-order valence-electron chi connectivity index (χ4n) is 2.13. The summed E-state index contributed by atoms with van der Waals surface area (Å²) in [6.45, 7) is 0.592. The minimum atomic E-state index is 0.252. The molecule has 0 heterocycles. The normalized spacial score (nSPS) is 14.7. The monoisotopic (exact) mass is 234 g/mol. The first kappa shape index (κ1) is 11.8. The number of nitrogens with zero attached hydrogens (tertiary/aromatic N) is 1. The Labute approximate surface area is 101 Å². The number of rotatable bonds is 5. The molecule has 1 aromatic carbocycles. The van der Waals surface area contributed by atoms with Crippen LogP contribution in [0.2, 0.25) is 0 Å². The Morgan fingerprint density at radius 3 is 3.00 bits per heavy atom. The van der Waals surface area contributed by atoms with Crippen LogP contribution in [0.1, 0.15) is 30.4 Å². The van der Waals surface area contributed by atoms with Crippen LogP contribution >= 0.6 is 0 Å². The van der Waals surface area contributed by atoms with E-state index in [0.29, 0.717) is 13.0 Å². The molecule has 0 amide bonds. The van der Waals surface area contributed by atoms with Crippen LogP contribution in [0, 0.1) is 0 Å². The first-order valence-corrected chi connectivity index (χ1v) is 6.00. The van der Waals surface area contributed by atoms with E-state index in [1.807, 2.05) is 6.07 Å². The van der Waals surface area contributed by atoms with Crippen LogP contribution in [0.15, 0.2) is 23.4 Å². The van der Waals surface area contributed by atoms with E-state index in [4.69, 9.17) is 15.7 Å². The van der Waals surface area contributed by atoms with Crippen molar-refractivity contribution < 1.29 is 9.94 Å². The van der Waals surface area contributed by atoms with Gasteiger partial charge in [0, 0.05) is 6.42 Å². The number of nitrogens with two attached hydrogens (primary N) is 1. The summed E-state index contributed by atoms with van der Waals surface area (Å²) in [5.41, 5.74) is 8.24. The fraction of sp³-hybridized carbons (Fsp3) is 0.462. The van der Waals surface area contributed by atoms with Crippen molar-refractivity contribution in [3.8, 4) is 5.75 Å². The molecule has 92 valence electrons. The van der Waals surface area contributed by atoms with E-state index >= 15 is 0 Å². The molecule has 0 saturated carbocycles. The third kappa shape index (κ3) is 3.12. The van der Waals surface area contributed by atoms with Crippen molar-refractivity contribution >= 4 is 5.84 Å². The number of hydrogen-bond acceptors (Lipinski definition) is 3. The summed E-state index contributed by atoms with van der Waals surface area (Å²) >= 11 is 0. The van der Waals surface area contributed by atoms with Gasteiger partial charge >= 0.3 is 0 Å². The lowest BCUT2D eigenvalue weighted by Gasteiger charge is -2.07. The second-order valence-electron chi connectivity index (χ2n) is 4.33. The Morgan fingerprint density at radius 1 is 1.35 bits per heavy atom. The first-order valence-electron chi connectivity index (χ1n) is 6.00. The number of hydrogen-bond donors (Lipinski definition) is 2. The Bertz CT molecular complexity index is 416. The van der Waals surface area contributed by atoms with Gasteiger partial charge in [0.1, 0.15) is 11.6 Å². The Hall–Kier alpha value is -1.71. The van der Waals surface area contributed by atoms with Gasteiger partial charge in [-0.25, -0.2) is 0 Å². The van der Waals surface area contributed by atoms with Gasteiger partial charge in [-0.3, -0.25) is 0 Å². The number of fused-ring (bicyclic) bond motifs is 1. The molecule has 0 spiro atoms. The highest BCUT2D eigenvalue weighted by molar-refractivity contribution is 5.79. The van der Waals surface area contributed by atoms with Crippen molar-refractivity contribution in [2.45, 2.75) is 32.1 Å². The first-order chi connectivity index (χ1) is 8.29. The Morgan fingerprint density at radius 2 is 2.18 bits per heavy atom. The van der Waals surface area contributed by atoms with E-state index in [9.17, 15) is 0 Å². The summed E-state index contributed by atoms with van der Waals surface area (Å²) in [5.74, 6) is 1.17. The van der Waals surface area contributed by atoms with Gasteiger partial charge in [-0.15, -0.1) is 0 Å². The second kappa shape index (κ2) is 5.57. The summed E-state index contributed by atoms with van der Waals surface area (Å²) in [7, 11) is 0. The van der Waals surface area contributed by atoms with Gasteiger partial charge in [0.25, 0.3) is 0 Å². The van der Waals surface area contributed by atoms with Crippen molar-refractivity contribution in [1.82, 2.24) is 0 Å². The molecule has 0 unspecified atom stereocenters. The van der Waals surface area contributed by atoms with Gasteiger partial charge in [-0.05, 0) is 48.9 Å². The zero-order chi connectivity index (χ0) is 12.1. The average molecular weight is 234 g/mol. The van der Waals surface area contributed by atoms with Gasteiger partial charge in [0.15, 0.2) is 0 Å². The zero-order valence-electron chi connectivity index (χ0n) is 9.85. The van der Waals surface area contributed by atoms with Crippen LogP contribution in [-0.2, 0) is 12.8 Å². The lowest BCUT2D eigenvalue weighted by atomic mass is 10.1. The second-order valence-corrected chi connectivity index (χ2v) is 4.33. The standard InChI is InChI=1S/C13H18N2O2/c14-13(15-16)5-2-8-17-12-7-6-10-3-1-4-11(10)9-12/h6-7,9,16H,1-5,8H2,(H2,14,15). The lowest BCUT2D eigenvalue weighted by molar-refractivity contribution is 0.305. The number of amidine groups is 1. The molecule has 4 heteroatoms. The zero-order valence-corrected chi connectivity index (χ0v) is 9.85. The summed E-state index contributed by atoms with van der Waals surface area (Å²) in [6.07, 6.45) is 4.92. The molecule has 2 rings (SSSR count). The quantitative estimate of drug-likeness (QED) is 0.269. The molecule has 0 aliphatic heterocycles. The molecule has 0 radical (unpaired) electrons. The van der Waals surface area contributed by atoms with E-state index in [2.05, 4.69) is 17.3 Å². The van der Waals surface area contributed by atoms with Crippen molar-refractivity contribution in [2.24, 2.45) is 10.9 Å². The van der Waals surface area contributed by atoms with Gasteiger partial charge < -0.3 is 15.7 Å². The SMILES string of the molecule is N/C(CCCOc1ccc2c(c1)CCC2)=N\O. The maximum absolute atomic E-state index is 8.38. The molecule has 0 saturated heterocycles. The molecular weight excluding hydrogens is 216 g/mol. The third-order valence-electron chi connectivity index (χ3n) is 3.04. The molecule has 17 heavy (non-hydrogen) atoms. The van der Waals surface area contributed by atoms with Crippen LogP contribution in [-0.4, -0.2) is 17.6 Å². The predicted molar refractivity (Wildman–Crippen MR) is 66.6 cm³/mol. The van der Waals surface area contributed by atoms with E-state index in [1.54, 1.807) is 0 Å². The Balaban J connectivity index is 1.80. The van der Waals surface area contributed by atoms with E-state index in [1.165, 1.54) is 24.0 Å². The van der Waals surface area contributed by atoms with Gasteiger partial charge in [-0.1, -0.05) is 11.2 Å². The van der Waals surface area contributed by atoms with Crippen LogP contribution in [0.3, 0.4) is 0 Å². The third-order valence-corrected chi connectivity index (χ3v) is 3.04. The highest BCUT2D eigenvalue weighted by Crippen LogP contribution is 2.26. The minimum Gasteiger partial charge on any atom is -0.494 e. The van der Waals surface area contributed by atoms with Gasteiger partial charge in [0.05, 0.1) is 6.61 Å². The van der Waals surface area contributed by atoms with E-state index in [0.717, 1.165) is 18.6 Å². The van der Waals surface area contributed by atoms with E-state index in [-0.39, 0.29) is 5.84 Å². The molecule has 0 atom stereocenters. The van der Waals surface area contributed by atoms with Crippen molar-refractivity contribution in [1.29, 1.82) is 0 Å². The van der Waals surface area contributed by atoms with Gasteiger partial charge in [0.2, 0.25) is 0 Å². The molecule has 1 aliphatic carbocycles. The smallest absolute Gasteiger partial charge is 0.139 e. The average Bonchev–Trinajstić information content (AvgIpc) is 2.81. The molecule has 1 aliphatic rings. The molecule has 4 nitrogen and oxygen atoms in total. The summed E-state index contributed by atoms with van der Waals surface area (Å²) < 4.78 is 5.63. The Kier molecular flexibility index (Phi) is 3.85. The molecule has 0 fully saturated rings. The van der Waals surface area contributed by atoms with E-state index < -0.39 is 0 Å². The van der Waals surface area contributed by atoms with Crippen molar-refractivity contribution in [2.75, 3.05) is 6.61 Å². The summed E-state index contributed by atoms with van der Waals surface area (Å²) in [5, 5.41) is 11.3. The topological polar surface area (TPSA) is 67.8 Å². The molecule has 0 bridgehead atoms. The highest BCUT2D eigenvalue weighted by atomic mass is 16.5. The fourth-order valence-corrected chi connectivity index (χ4v) is 2.13. The molecular formula is C13H18N2O2. The molecule has 1 aromatic rings. The van der Waals surface area contributed by atoms with Crippen molar-refractivity contribution in [3.05, 3.63) is 29.3 Å².